The lowest BCUT2D eigenvalue weighted by atomic mass is 10.1. The predicted molar refractivity (Wildman–Crippen MR) is 62.4 cm³/mol. The molecule has 0 aromatic heterocycles. The highest BCUT2D eigenvalue weighted by Gasteiger charge is 2.14. The molecule has 1 atom stereocenters. The highest BCUT2D eigenvalue weighted by molar-refractivity contribution is 5.85. The van der Waals surface area contributed by atoms with Gasteiger partial charge in [0.25, 0.3) is 0 Å². The van der Waals surface area contributed by atoms with E-state index in [1.54, 1.807) is 0 Å². The lowest BCUT2D eigenvalue weighted by Gasteiger charge is -2.23. The third kappa shape index (κ3) is 6.71. The van der Waals surface area contributed by atoms with E-state index in [4.69, 9.17) is 4.74 Å². The fourth-order valence-corrected chi connectivity index (χ4v) is 1.55. The van der Waals surface area contributed by atoms with Crippen molar-refractivity contribution in [3.63, 3.8) is 0 Å². The molecule has 0 radical (unpaired) electrons. The van der Waals surface area contributed by atoms with Gasteiger partial charge in [0.2, 0.25) is 5.91 Å². The minimum absolute atomic E-state index is 0. The number of carbonyl (C=O) groups is 1. The van der Waals surface area contributed by atoms with Gasteiger partial charge in [0.15, 0.2) is 0 Å². The molecule has 1 rings (SSSR count). The summed E-state index contributed by atoms with van der Waals surface area (Å²) < 4.78 is 5.15. The molecule has 90 valence electrons. The molecule has 2 N–H and O–H groups in total. The average molecular weight is 237 g/mol. The van der Waals surface area contributed by atoms with E-state index in [9.17, 15) is 4.79 Å². The summed E-state index contributed by atoms with van der Waals surface area (Å²) in [6, 6.07) is 0.293. The van der Waals surface area contributed by atoms with Crippen LogP contribution in [0.3, 0.4) is 0 Å². The van der Waals surface area contributed by atoms with Gasteiger partial charge >= 0.3 is 0 Å². The van der Waals surface area contributed by atoms with Gasteiger partial charge in [-0.2, -0.15) is 0 Å². The van der Waals surface area contributed by atoms with Gasteiger partial charge in [0.1, 0.15) is 6.61 Å². The largest absolute Gasteiger partial charge is 0.372 e. The Morgan fingerprint density at radius 2 is 2.40 bits per heavy atom. The zero-order chi connectivity index (χ0) is 10.2. The maximum absolute atomic E-state index is 11.3. The van der Waals surface area contributed by atoms with Gasteiger partial charge in [0.05, 0.1) is 0 Å². The minimum Gasteiger partial charge on any atom is -0.372 e. The molecule has 1 fully saturated rings. The number of hydrogen-bond acceptors (Lipinski definition) is 3. The lowest BCUT2D eigenvalue weighted by Crippen LogP contribution is -2.46. The summed E-state index contributed by atoms with van der Waals surface area (Å²) >= 11 is 0. The third-order valence-electron chi connectivity index (χ3n) is 2.24. The van der Waals surface area contributed by atoms with Crippen LogP contribution in [0.5, 0.6) is 0 Å². The molecule has 15 heavy (non-hydrogen) atoms. The first kappa shape index (κ1) is 14.7. The quantitative estimate of drug-likeness (QED) is 0.691. The molecule has 0 aliphatic carbocycles. The molecule has 0 aromatic rings. The predicted octanol–water partition coefficient (Wildman–Crippen LogP) is 0.703. The van der Waals surface area contributed by atoms with Gasteiger partial charge in [0, 0.05) is 19.2 Å². The van der Waals surface area contributed by atoms with Crippen LogP contribution in [0.2, 0.25) is 0 Å². The molecule has 0 bridgehead atoms. The Hall–Kier alpha value is -0.320. The van der Waals surface area contributed by atoms with E-state index in [0.29, 0.717) is 12.6 Å². The Morgan fingerprint density at radius 3 is 3.00 bits per heavy atom. The van der Waals surface area contributed by atoms with Crippen molar-refractivity contribution >= 4 is 18.3 Å². The standard InChI is InChI=1S/C10H20N2O2.ClH/c1-2-6-14-8-10(13)12-9-4-3-5-11-7-9;/h9,11H,2-8H2,1H3,(H,12,13);1H. The molecule has 1 unspecified atom stereocenters. The van der Waals surface area contributed by atoms with Crippen LogP contribution < -0.4 is 10.6 Å². The molecule has 4 nitrogen and oxygen atoms in total. The molecule has 1 aliphatic heterocycles. The molecule has 1 saturated heterocycles. The van der Waals surface area contributed by atoms with Crippen molar-refractivity contribution in [1.82, 2.24) is 10.6 Å². The molecular formula is C10H21ClN2O2. The Morgan fingerprint density at radius 1 is 1.60 bits per heavy atom. The maximum Gasteiger partial charge on any atom is 0.246 e. The van der Waals surface area contributed by atoms with Crippen LogP contribution in [0, 0.1) is 0 Å². The van der Waals surface area contributed by atoms with Crippen molar-refractivity contribution in [3.05, 3.63) is 0 Å². The van der Waals surface area contributed by atoms with Crippen LogP contribution in [-0.4, -0.2) is 38.3 Å². The molecule has 1 aliphatic rings. The van der Waals surface area contributed by atoms with Crippen LogP contribution in [0.1, 0.15) is 26.2 Å². The van der Waals surface area contributed by atoms with Gasteiger partial charge in [-0.3, -0.25) is 4.79 Å². The van der Waals surface area contributed by atoms with Crippen LogP contribution in [0.25, 0.3) is 0 Å². The van der Waals surface area contributed by atoms with Crippen LogP contribution in [-0.2, 0) is 9.53 Å². The summed E-state index contributed by atoms with van der Waals surface area (Å²) in [7, 11) is 0. The van der Waals surface area contributed by atoms with Gasteiger partial charge in [-0.25, -0.2) is 0 Å². The van der Waals surface area contributed by atoms with E-state index in [-0.39, 0.29) is 24.9 Å². The number of carbonyl (C=O) groups excluding carboxylic acids is 1. The summed E-state index contributed by atoms with van der Waals surface area (Å²) in [5, 5.41) is 6.20. The fourth-order valence-electron chi connectivity index (χ4n) is 1.55. The van der Waals surface area contributed by atoms with Gasteiger partial charge < -0.3 is 15.4 Å². The molecule has 0 spiro atoms. The first-order valence-corrected chi connectivity index (χ1v) is 5.40. The van der Waals surface area contributed by atoms with Crippen LogP contribution in [0.4, 0.5) is 0 Å². The Bertz CT molecular complexity index is 173. The molecular weight excluding hydrogens is 216 g/mol. The molecule has 1 amide bonds. The lowest BCUT2D eigenvalue weighted by molar-refractivity contribution is -0.126. The number of halogens is 1. The summed E-state index contributed by atoms with van der Waals surface area (Å²) in [5.41, 5.74) is 0. The summed E-state index contributed by atoms with van der Waals surface area (Å²) in [5.74, 6) is 0.00662. The van der Waals surface area contributed by atoms with Crippen molar-refractivity contribution in [1.29, 1.82) is 0 Å². The number of amides is 1. The summed E-state index contributed by atoms with van der Waals surface area (Å²) in [4.78, 5) is 11.3. The number of piperidine rings is 1. The normalized spacial score (nSPS) is 20.5. The van der Waals surface area contributed by atoms with E-state index < -0.39 is 0 Å². The fraction of sp³-hybridized carbons (Fsp3) is 0.900. The SMILES string of the molecule is CCCOCC(=O)NC1CCCNC1.Cl. The van der Waals surface area contributed by atoms with E-state index in [2.05, 4.69) is 10.6 Å². The van der Waals surface area contributed by atoms with E-state index in [0.717, 1.165) is 32.4 Å². The molecule has 5 heteroatoms. The first-order valence-electron chi connectivity index (χ1n) is 5.40. The average Bonchev–Trinajstić information content (AvgIpc) is 2.20. The van der Waals surface area contributed by atoms with Gasteiger partial charge in [-0.05, 0) is 25.8 Å². The summed E-state index contributed by atoms with van der Waals surface area (Å²) in [6.07, 6.45) is 3.17. The van der Waals surface area contributed by atoms with E-state index in [1.807, 2.05) is 6.92 Å². The summed E-state index contributed by atoms with van der Waals surface area (Å²) in [6.45, 7) is 4.85. The zero-order valence-electron chi connectivity index (χ0n) is 9.25. The van der Waals surface area contributed by atoms with Crippen LogP contribution in [0.15, 0.2) is 0 Å². The van der Waals surface area contributed by atoms with E-state index >= 15 is 0 Å². The highest BCUT2D eigenvalue weighted by atomic mass is 35.5. The second-order valence-corrected chi connectivity index (χ2v) is 3.66. The second-order valence-electron chi connectivity index (χ2n) is 3.66. The minimum atomic E-state index is 0. The third-order valence-corrected chi connectivity index (χ3v) is 2.24. The van der Waals surface area contributed by atoms with Crippen molar-refractivity contribution in [2.24, 2.45) is 0 Å². The topological polar surface area (TPSA) is 50.4 Å². The molecule has 1 heterocycles. The number of hydrogen-bond donors (Lipinski definition) is 2. The van der Waals surface area contributed by atoms with Crippen molar-refractivity contribution < 1.29 is 9.53 Å². The number of ether oxygens (including phenoxy) is 1. The van der Waals surface area contributed by atoms with Gasteiger partial charge in [-0.15, -0.1) is 12.4 Å². The monoisotopic (exact) mass is 236 g/mol. The highest BCUT2D eigenvalue weighted by Crippen LogP contribution is 2.00. The second kappa shape index (κ2) is 8.95. The Kier molecular flexibility index (Phi) is 8.76. The number of nitrogens with one attached hydrogen (secondary N) is 2. The zero-order valence-corrected chi connectivity index (χ0v) is 10.1. The van der Waals surface area contributed by atoms with Crippen molar-refractivity contribution in [2.45, 2.75) is 32.2 Å². The van der Waals surface area contributed by atoms with E-state index in [1.165, 1.54) is 0 Å². The van der Waals surface area contributed by atoms with Crippen LogP contribution >= 0.6 is 12.4 Å². The van der Waals surface area contributed by atoms with Crippen molar-refractivity contribution in [3.8, 4) is 0 Å². The molecule has 0 aromatic carbocycles. The van der Waals surface area contributed by atoms with Crippen molar-refractivity contribution in [2.75, 3.05) is 26.3 Å². The maximum atomic E-state index is 11.3. The number of rotatable bonds is 5. The Labute approximate surface area is 97.5 Å². The molecule has 0 saturated carbocycles. The van der Waals surface area contributed by atoms with Gasteiger partial charge in [-0.1, -0.05) is 6.92 Å². The first-order chi connectivity index (χ1) is 6.83. The smallest absolute Gasteiger partial charge is 0.246 e. The Balaban J connectivity index is 0.00000196.